The number of hydrogen-bond acceptors (Lipinski definition) is 3. The van der Waals surface area contributed by atoms with Gasteiger partial charge in [0.15, 0.2) is 0 Å². The third-order valence-corrected chi connectivity index (χ3v) is 4.19. The lowest BCUT2D eigenvalue weighted by Gasteiger charge is -2.35. The first kappa shape index (κ1) is 14.8. The molecule has 0 rings (SSSR count). The minimum atomic E-state index is -3.40. The summed E-state index contributed by atoms with van der Waals surface area (Å²) in [5.74, 6) is 0. The Labute approximate surface area is 93.2 Å². The van der Waals surface area contributed by atoms with Gasteiger partial charge in [-0.2, -0.15) is 12.7 Å². The van der Waals surface area contributed by atoms with Crippen molar-refractivity contribution in [3.05, 3.63) is 0 Å². The van der Waals surface area contributed by atoms with E-state index in [1.807, 2.05) is 27.7 Å². The maximum absolute atomic E-state index is 11.9. The van der Waals surface area contributed by atoms with Crippen LogP contribution in [0.4, 0.5) is 0 Å². The van der Waals surface area contributed by atoms with Crippen LogP contribution in [0.15, 0.2) is 0 Å². The van der Waals surface area contributed by atoms with Gasteiger partial charge < -0.3 is 5.73 Å². The summed E-state index contributed by atoms with van der Waals surface area (Å²) in [7, 11) is -3.40. The van der Waals surface area contributed by atoms with Gasteiger partial charge in [-0.25, -0.2) is 4.72 Å². The van der Waals surface area contributed by atoms with Crippen molar-refractivity contribution in [3.63, 3.8) is 0 Å². The number of likely N-dealkylation sites (N-methyl/N-ethyl adjacent to an activating group) is 1. The summed E-state index contributed by atoms with van der Waals surface area (Å²) in [6.45, 7) is 8.55. The van der Waals surface area contributed by atoms with E-state index in [-0.39, 0.29) is 0 Å². The number of hydrogen-bond donors (Lipinski definition) is 2. The molecule has 0 fully saturated rings. The minimum Gasteiger partial charge on any atom is -0.329 e. The molecule has 0 aromatic carbocycles. The lowest BCUT2D eigenvalue weighted by atomic mass is 10.1. The Morgan fingerprint density at radius 1 is 1.33 bits per heavy atom. The first-order valence-corrected chi connectivity index (χ1v) is 6.73. The molecule has 0 unspecified atom stereocenters. The number of rotatable bonds is 7. The summed E-state index contributed by atoms with van der Waals surface area (Å²) in [5, 5.41) is 0. The second-order valence-electron chi connectivity index (χ2n) is 4.08. The predicted molar refractivity (Wildman–Crippen MR) is 62.7 cm³/mol. The van der Waals surface area contributed by atoms with Crippen molar-refractivity contribution < 1.29 is 8.42 Å². The molecule has 0 aromatic heterocycles. The molecule has 0 saturated heterocycles. The molecular formula is C9H23N3O2S. The second kappa shape index (κ2) is 5.79. The Morgan fingerprint density at radius 3 is 2.20 bits per heavy atom. The lowest BCUT2D eigenvalue weighted by Crippen LogP contribution is -2.55. The van der Waals surface area contributed by atoms with Gasteiger partial charge in [0.05, 0.1) is 0 Å². The van der Waals surface area contributed by atoms with Gasteiger partial charge in [0.25, 0.3) is 10.2 Å². The lowest BCUT2D eigenvalue weighted by molar-refractivity contribution is 0.241. The number of nitrogens with zero attached hydrogens (tertiary/aromatic N) is 1. The Kier molecular flexibility index (Phi) is 5.72. The van der Waals surface area contributed by atoms with E-state index in [0.717, 1.165) is 6.42 Å². The Bertz CT molecular complexity index is 275. The predicted octanol–water partition coefficient (Wildman–Crippen LogP) is 0.290. The Balaban J connectivity index is 4.81. The van der Waals surface area contributed by atoms with Crippen LogP contribution in [0.3, 0.4) is 0 Å². The molecule has 0 aliphatic rings. The summed E-state index contributed by atoms with van der Waals surface area (Å²) < 4.78 is 27.7. The third kappa shape index (κ3) is 4.06. The largest absolute Gasteiger partial charge is 0.329 e. The highest BCUT2D eigenvalue weighted by Gasteiger charge is 2.33. The standard InChI is InChI=1S/C9H23N3O2S/c1-5-7-11-15(13,14)12(6-2)9(3,4)8-10/h11H,5-8,10H2,1-4H3. The van der Waals surface area contributed by atoms with E-state index in [1.54, 1.807) is 0 Å². The molecule has 0 aliphatic heterocycles. The van der Waals surface area contributed by atoms with Gasteiger partial charge in [0, 0.05) is 25.2 Å². The van der Waals surface area contributed by atoms with Gasteiger partial charge in [0.1, 0.15) is 0 Å². The maximum Gasteiger partial charge on any atom is 0.279 e. The van der Waals surface area contributed by atoms with Crippen LogP contribution in [0.1, 0.15) is 34.1 Å². The molecule has 5 nitrogen and oxygen atoms in total. The molecule has 0 saturated carbocycles. The van der Waals surface area contributed by atoms with E-state index >= 15 is 0 Å². The van der Waals surface area contributed by atoms with Gasteiger partial charge in [-0.1, -0.05) is 13.8 Å². The molecule has 15 heavy (non-hydrogen) atoms. The zero-order chi connectivity index (χ0) is 12.1. The van der Waals surface area contributed by atoms with Crippen molar-refractivity contribution in [3.8, 4) is 0 Å². The van der Waals surface area contributed by atoms with Crippen LogP contribution < -0.4 is 10.5 Å². The van der Waals surface area contributed by atoms with Crippen molar-refractivity contribution in [2.45, 2.75) is 39.7 Å². The van der Waals surface area contributed by atoms with Gasteiger partial charge >= 0.3 is 0 Å². The zero-order valence-electron chi connectivity index (χ0n) is 10.1. The van der Waals surface area contributed by atoms with E-state index in [9.17, 15) is 8.42 Å². The molecule has 3 N–H and O–H groups in total. The molecule has 92 valence electrons. The average molecular weight is 237 g/mol. The van der Waals surface area contributed by atoms with Crippen LogP contribution >= 0.6 is 0 Å². The SMILES string of the molecule is CCCNS(=O)(=O)N(CC)C(C)(C)CN. The summed E-state index contributed by atoms with van der Waals surface area (Å²) in [6, 6.07) is 0. The molecule has 0 atom stereocenters. The third-order valence-electron chi connectivity index (χ3n) is 2.29. The Hall–Kier alpha value is -0.170. The molecule has 0 bridgehead atoms. The maximum atomic E-state index is 11.9. The average Bonchev–Trinajstić information content (AvgIpc) is 2.15. The fraction of sp³-hybridized carbons (Fsp3) is 1.00. The van der Waals surface area contributed by atoms with Crippen molar-refractivity contribution in [1.82, 2.24) is 9.03 Å². The fourth-order valence-electron chi connectivity index (χ4n) is 1.33. The van der Waals surface area contributed by atoms with Crippen LogP contribution in [0.2, 0.25) is 0 Å². The van der Waals surface area contributed by atoms with Crippen LogP contribution in [0.25, 0.3) is 0 Å². The normalized spacial score (nSPS) is 13.5. The van der Waals surface area contributed by atoms with E-state index in [1.165, 1.54) is 4.31 Å². The highest BCUT2D eigenvalue weighted by molar-refractivity contribution is 7.87. The van der Waals surface area contributed by atoms with Crippen LogP contribution in [0, 0.1) is 0 Å². The summed E-state index contributed by atoms with van der Waals surface area (Å²) in [5.41, 5.74) is 5.03. The summed E-state index contributed by atoms with van der Waals surface area (Å²) >= 11 is 0. The fourth-order valence-corrected chi connectivity index (χ4v) is 3.02. The highest BCUT2D eigenvalue weighted by atomic mass is 32.2. The van der Waals surface area contributed by atoms with E-state index in [0.29, 0.717) is 19.6 Å². The molecule has 0 aromatic rings. The molecular weight excluding hydrogens is 214 g/mol. The van der Waals surface area contributed by atoms with Crippen molar-refractivity contribution >= 4 is 10.2 Å². The monoisotopic (exact) mass is 237 g/mol. The molecule has 6 heteroatoms. The van der Waals surface area contributed by atoms with Crippen molar-refractivity contribution in [1.29, 1.82) is 0 Å². The van der Waals surface area contributed by atoms with Gasteiger partial charge in [-0.3, -0.25) is 0 Å². The van der Waals surface area contributed by atoms with Crippen molar-refractivity contribution in [2.24, 2.45) is 5.73 Å². The first-order valence-electron chi connectivity index (χ1n) is 5.29. The topological polar surface area (TPSA) is 75.4 Å². The second-order valence-corrected chi connectivity index (χ2v) is 5.76. The molecule has 0 spiro atoms. The van der Waals surface area contributed by atoms with Crippen LogP contribution in [-0.4, -0.2) is 37.9 Å². The molecule has 0 heterocycles. The first-order chi connectivity index (χ1) is 6.81. The van der Waals surface area contributed by atoms with E-state index < -0.39 is 15.7 Å². The van der Waals surface area contributed by atoms with E-state index in [4.69, 9.17) is 5.73 Å². The zero-order valence-corrected chi connectivity index (χ0v) is 10.9. The Morgan fingerprint density at radius 2 is 1.87 bits per heavy atom. The number of nitrogens with one attached hydrogen (secondary N) is 1. The minimum absolute atomic E-state index is 0.299. The highest BCUT2D eigenvalue weighted by Crippen LogP contribution is 2.15. The summed E-state index contributed by atoms with van der Waals surface area (Å²) in [4.78, 5) is 0. The molecule has 0 aliphatic carbocycles. The van der Waals surface area contributed by atoms with Crippen molar-refractivity contribution in [2.75, 3.05) is 19.6 Å². The quantitative estimate of drug-likeness (QED) is 0.668. The van der Waals surface area contributed by atoms with Crippen LogP contribution in [0.5, 0.6) is 0 Å². The summed E-state index contributed by atoms with van der Waals surface area (Å²) in [6.07, 6.45) is 0.778. The van der Waals surface area contributed by atoms with Gasteiger partial charge in [-0.15, -0.1) is 0 Å². The van der Waals surface area contributed by atoms with E-state index in [2.05, 4.69) is 4.72 Å². The molecule has 0 amide bonds. The number of nitrogens with two attached hydrogens (primary N) is 1. The van der Waals surface area contributed by atoms with Gasteiger partial charge in [-0.05, 0) is 20.3 Å². The smallest absolute Gasteiger partial charge is 0.279 e. The van der Waals surface area contributed by atoms with Gasteiger partial charge in [0.2, 0.25) is 0 Å². The molecule has 0 radical (unpaired) electrons. The van der Waals surface area contributed by atoms with Crippen LogP contribution in [-0.2, 0) is 10.2 Å².